The summed E-state index contributed by atoms with van der Waals surface area (Å²) in [5.41, 5.74) is 0.664. The lowest BCUT2D eigenvalue weighted by Gasteiger charge is -2.20. The van der Waals surface area contributed by atoms with Crippen molar-refractivity contribution in [3.05, 3.63) is 50.9 Å². The third-order valence-electron chi connectivity index (χ3n) is 2.58. The molecular formula is C13H11ClFNOS. The number of carbonyl (C=O) groups is 1. The van der Waals surface area contributed by atoms with Gasteiger partial charge in [-0.15, -0.1) is 11.3 Å². The molecule has 0 N–H and O–H groups in total. The molecule has 0 aliphatic rings. The minimum atomic E-state index is -0.501. The molecular weight excluding hydrogens is 273 g/mol. The number of halogens is 2. The molecule has 0 unspecified atom stereocenters. The molecule has 1 aromatic carbocycles. The Bertz CT molecular complexity index is 570. The Morgan fingerprint density at radius 3 is 2.78 bits per heavy atom. The predicted molar refractivity (Wildman–Crippen MR) is 73.2 cm³/mol. The second kappa shape index (κ2) is 5.50. The van der Waals surface area contributed by atoms with Crippen LogP contribution >= 0.6 is 22.9 Å². The van der Waals surface area contributed by atoms with E-state index in [0.29, 0.717) is 22.9 Å². The van der Waals surface area contributed by atoms with Gasteiger partial charge in [-0.25, -0.2) is 4.39 Å². The Kier molecular flexibility index (Phi) is 3.99. The van der Waals surface area contributed by atoms with Crippen LogP contribution in [0.2, 0.25) is 4.34 Å². The minimum Gasteiger partial charge on any atom is -0.369 e. The average Bonchev–Trinajstić information content (AvgIpc) is 2.74. The molecule has 0 bridgehead atoms. The topological polar surface area (TPSA) is 20.3 Å². The van der Waals surface area contributed by atoms with Crippen LogP contribution in [-0.2, 0) is 6.54 Å². The third-order valence-corrected chi connectivity index (χ3v) is 3.80. The molecule has 2 rings (SSSR count). The van der Waals surface area contributed by atoms with E-state index in [1.54, 1.807) is 12.1 Å². The summed E-state index contributed by atoms with van der Waals surface area (Å²) in [6.07, 6.45) is 0.544. The quantitative estimate of drug-likeness (QED) is 0.791. The first kappa shape index (κ1) is 13.1. The SMILES string of the molecule is CN(Cc1ccc(Cl)s1)c1cccc(F)c1C=O. The number of anilines is 1. The highest BCUT2D eigenvalue weighted by atomic mass is 35.5. The second-order valence-electron chi connectivity index (χ2n) is 3.85. The van der Waals surface area contributed by atoms with E-state index in [9.17, 15) is 9.18 Å². The Hall–Kier alpha value is -1.39. The van der Waals surface area contributed by atoms with E-state index in [2.05, 4.69) is 0 Å². The van der Waals surface area contributed by atoms with Crippen molar-refractivity contribution in [2.75, 3.05) is 11.9 Å². The number of hydrogen-bond acceptors (Lipinski definition) is 3. The van der Waals surface area contributed by atoms with Crippen LogP contribution in [0, 0.1) is 5.82 Å². The van der Waals surface area contributed by atoms with Crippen molar-refractivity contribution in [2.24, 2.45) is 0 Å². The first-order chi connectivity index (χ1) is 8.61. The standard InChI is InChI=1S/C13H11ClFNOS/c1-16(7-9-5-6-13(14)18-9)12-4-2-3-11(15)10(12)8-17/h2-6,8H,7H2,1H3. The van der Waals surface area contributed by atoms with E-state index in [0.717, 1.165) is 4.88 Å². The zero-order chi connectivity index (χ0) is 13.1. The number of aldehydes is 1. The summed E-state index contributed by atoms with van der Waals surface area (Å²) in [4.78, 5) is 13.8. The van der Waals surface area contributed by atoms with Gasteiger partial charge in [0.2, 0.25) is 0 Å². The van der Waals surface area contributed by atoms with Gasteiger partial charge in [0.05, 0.1) is 22.1 Å². The summed E-state index contributed by atoms with van der Waals surface area (Å²) in [7, 11) is 1.81. The third kappa shape index (κ3) is 2.71. The average molecular weight is 284 g/mol. The Balaban J connectivity index is 2.26. The molecule has 0 aliphatic heterocycles. The summed E-state index contributed by atoms with van der Waals surface area (Å²) >= 11 is 7.33. The molecule has 94 valence electrons. The van der Waals surface area contributed by atoms with E-state index in [1.807, 2.05) is 24.1 Å². The zero-order valence-electron chi connectivity index (χ0n) is 9.69. The Morgan fingerprint density at radius 2 is 2.17 bits per heavy atom. The van der Waals surface area contributed by atoms with Gasteiger partial charge in [-0.05, 0) is 24.3 Å². The van der Waals surface area contributed by atoms with Crippen molar-refractivity contribution < 1.29 is 9.18 Å². The maximum absolute atomic E-state index is 13.5. The fourth-order valence-electron chi connectivity index (χ4n) is 1.73. The number of carbonyl (C=O) groups excluding carboxylic acids is 1. The highest BCUT2D eigenvalue weighted by Crippen LogP contribution is 2.26. The molecule has 18 heavy (non-hydrogen) atoms. The van der Waals surface area contributed by atoms with E-state index in [1.165, 1.54) is 17.4 Å². The fraction of sp³-hybridized carbons (Fsp3) is 0.154. The van der Waals surface area contributed by atoms with Crippen molar-refractivity contribution in [2.45, 2.75) is 6.54 Å². The van der Waals surface area contributed by atoms with Crippen LogP contribution in [-0.4, -0.2) is 13.3 Å². The highest BCUT2D eigenvalue weighted by molar-refractivity contribution is 7.16. The molecule has 0 atom stereocenters. The van der Waals surface area contributed by atoms with Gasteiger partial charge in [0.15, 0.2) is 6.29 Å². The molecule has 2 nitrogen and oxygen atoms in total. The van der Waals surface area contributed by atoms with Crippen LogP contribution in [0.5, 0.6) is 0 Å². The van der Waals surface area contributed by atoms with Crippen LogP contribution in [0.15, 0.2) is 30.3 Å². The number of nitrogens with zero attached hydrogens (tertiary/aromatic N) is 1. The number of benzene rings is 1. The van der Waals surface area contributed by atoms with Crippen LogP contribution < -0.4 is 4.90 Å². The van der Waals surface area contributed by atoms with Crippen molar-refractivity contribution in [1.29, 1.82) is 0 Å². The number of thiophene rings is 1. The number of rotatable bonds is 4. The molecule has 0 spiro atoms. The van der Waals surface area contributed by atoms with E-state index in [4.69, 9.17) is 11.6 Å². The number of hydrogen-bond donors (Lipinski definition) is 0. The molecule has 0 fully saturated rings. The van der Waals surface area contributed by atoms with Gasteiger partial charge in [0.1, 0.15) is 5.82 Å². The first-order valence-corrected chi connectivity index (χ1v) is 6.50. The maximum atomic E-state index is 13.5. The molecule has 0 saturated carbocycles. The molecule has 0 amide bonds. The maximum Gasteiger partial charge on any atom is 0.155 e. The summed E-state index contributed by atoms with van der Waals surface area (Å²) in [6.45, 7) is 0.585. The summed E-state index contributed by atoms with van der Waals surface area (Å²) in [5, 5.41) is 0. The highest BCUT2D eigenvalue weighted by Gasteiger charge is 2.12. The smallest absolute Gasteiger partial charge is 0.155 e. The van der Waals surface area contributed by atoms with Gasteiger partial charge in [-0.2, -0.15) is 0 Å². The van der Waals surface area contributed by atoms with Crippen LogP contribution in [0.1, 0.15) is 15.2 Å². The van der Waals surface area contributed by atoms with Gasteiger partial charge in [0.25, 0.3) is 0 Å². The summed E-state index contributed by atoms with van der Waals surface area (Å²) in [5.74, 6) is -0.501. The molecule has 1 heterocycles. The normalized spacial score (nSPS) is 10.4. The van der Waals surface area contributed by atoms with Crippen LogP contribution in [0.3, 0.4) is 0 Å². The molecule has 2 aromatic rings. The Labute approximate surface area is 114 Å². The molecule has 0 radical (unpaired) electrons. The molecule has 5 heteroatoms. The minimum absolute atomic E-state index is 0.0858. The van der Waals surface area contributed by atoms with Crippen molar-refractivity contribution in [3.63, 3.8) is 0 Å². The van der Waals surface area contributed by atoms with E-state index in [-0.39, 0.29) is 5.56 Å². The fourth-order valence-corrected chi connectivity index (χ4v) is 2.87. The summed E-state index contributed by atoms with van der Waals surface area (Å²) < 4.78 is 14.2. The second-order valence-corrected chi connectivity index (χ2v) is 5.65. The lowest BCUT2D eigenvalue weighted by Crippen LogP contribution is -2.17. The van der Waals surface area contributed by atoms with Crippen molar-refractivity contribution in [1.82, 2.24) is 0 Å². The molecule has 0 aliphatic carbocycles. The van der Waals surface area contributed by atoms with Gasteiger partial charge < -0.3 is 4.90 Å². The molecule has 1 aromatic heterocycles. The largest absolute Gasteiger partial charge is 0.369 e. The Morgan fingerprint density at radius 1 is 1.39 bits per heavy atom. The molecule has 0 saturated heterocycles. The van der Waals surface area contributed by atoms with Crippen molar-refractivity contribution >= 4 is 34.9 Å². The zero-order valence-corrected chi connectivity index (χ0v) is 11.3. The van der Waals surface area contributed by atoms with Gasteiger partial charge in [-0.3, -0.25) is 4.79 Å². The van der Waals surface area contributed by atoms with Crippen LogP contribution in [0.4, 0.5) is 10.1 Å². The van der Waals surface area contributed by atoms with E-state index >= 15 is 0 Å². The summed E-state index contributed by atoms with van der Waals surface area (Å²) in [6, 6.07) is 8.34. The van der Waals surface area contributed by atoms with Gasteiger partial charge in [0, 0.05) is 11.9 Å². The van der Waals surface area contributed by atoms with Crippen LogP contribution in [0.25, 0.3) is 0 Å². The van der Waals surface area contributed by atoms with Gasteiger partial charge >= 0.3 is 0 Å². The predicted octanol–water partition coefficient (Wildman–Crippen LogP) is 3.99. The monoisotopic (exact) mass is 283 g/mol. The van der Waals surface area contributed by atoms with E-state index < -0.39 is 5.82 Å². The van der Waals surface area contributed by atoms with Gasteiger partial charge in [-0.1, -0.05) is 17.7 Å². The first-order valence-electron chi connectivity index (χ1n) is 5.31. The van der Waals surface area contributed by atoms with Crippen molar-refractivity contribution in [3.8, 4) is 0 Å². The lowest BCUT2D eigenvalue weighted by atomic mass is 10.1. The lowest BCUT2D eigenvalue weighted by molar-refractivity contribution is 0.112.